The van der Waals surface area contributed by atoms with E-state index in [4.69, 9.17) is 11.6 Å². The molecular weight excluding hydrogens is 386 g/mol. The Bertz CT molecular complexity index is 979. The molecule has 2 heterocycles. The summed E-state index contributed by atoms with van der Waals surface area (Å²) in [5, 5.41) is 0.498. The molecule has 2 aliphatic rings. The first-order chi connectivity index (χ1) is 14.0. The van der Waals surface area contributed by atoms with Crippen molar-refractivity contribution >= 4 is 34.7 Å². The normalized spacial score (nSPS) is 18.2. The van der Waals surface area contributed by atoms with E-state index in [0.717, 1.165) is 43.9 Å². The van der Waals surface area contributed by atoms with Crippen molar-refractivity contribution in [1.82, 2.24) is 9.80 Å². The van der Waals surface area contributed by atoms with Gasteiger partial charge in [0.15, 0.2) is 0 Å². The van der Waals surface area contributed by atoms with Gasteiger partial charge in [-0.15, -0.1) is 0 Å². The van der Waals surface area contributed by atoms with E-state index >= 15 is 0 Å². The maximum absolute atomic E-state index is 13.6. The van der Waals surface area contributed by atoms with Crippen molar-refractivity contribution in [2.45, 2.75) is 13.8 Å². The zero-order valence-corrected chi connectivity index (χ0v) is 17.4. The number of benzene rings is 2. The fourth-order valence-electron chi connectivity index (χ4n) is 4.01. The second-order valence-electron chi connectivity index (χ2n) is 7.39. The number of hydrogen-bond acceptors (Lipinski definition) is 4. The number of carbonyl (C=O) groups excluding carboxylic acids is 2. The lowest BCUT2D eigenvalue weighted by Crippen LogP contribution is -2.47. The third-order valence-corrected chi connectivity index (χ3v) is 5.90. The first-order valence-electron chi connectivity index (χ1n) is 9.93. The molecule has 150 valence electrons. The van der Waals surface area contributed by atoms with Crippen LogP contribution in [0.3, 0.4) is 0 Å². The van der Waals surface area contributed by atoms with Crippen molar-refractivity contribution in [3.05, 3.63) is 70.4 Å². The molecular formula is C23H24ClN3O2. The van der Waals surface area contributed by atoms with Crippen LogP contribution in [-0.2, 0) is 9.59 Å². The number of aryl methyl sites for hydroxylation is 1. The molecule has 0 atom stereocenters. The van der Waals surface area contributed by atoms with E-state index in [1.54, 1.807) is 12.1 Å². The van der Waals surface area contributed by atoms with Crippen LogP contribution in [0.15, 0.2) is 54.2 Å². The highest BCUT2D eigenvalue weighted by molar-refractivity contribution is 6.45. The third kappa shape index (κ3) is 3.56. The predicted octanol–water partition coefficient (Wildman–Crippen LogP) is 3.57. The molecule has 0 radical (unpaired) electrons. The van der Waals surface area contributed by atoms with E-state index < -0.39 is 0 Å². The van der Waals surface area contributed by atoms with Gasteiger partial charge in [-0.2, -0.15) is 0 Å². The molecule has 1 saturated heterocycles. The molecule has 0 spiro atoms. The van der Waals surface area contributed by atoms with Gasteiger partial charge in [-0.05, 0) is 36.7 Å². The van der Waals surface area contributed by atoms with Gasteiger partial charge in [-0.25, -0.2) is 4.90 Å². The van der Waals surface area contributed by atoms with Crippen LogP contribution in [0.2, 0.25) is 5.02 Å². The van der Waals surface area contributed by atoms with Crippen molar-refractivity contribution in [2.75, 3.05) is 37.6 Å². The number of hydrogen-bond donors (Lipinski definition) is 0. The summed E-state index contributed by atoms with van der Waals surface area (Å²) in [7, 11) is 0. The summed E-state index contributed by atoms with van der Waals surface area (Å²) in [6, 6.07) is 14.7. The Hall–Kier alpha value is -2.63. The minimum Gasteiger partial charge on any atom is -0.364 e. The Kier molecular flexibility index (Phi) is 5.43. The molecule has 2 amide bonds. The molecule has 0 aliphatic carbocycles. The summed E-state index contributed by atoms with van der Waals surface area (Å²) in [4.78, 5) is 32.8. The second kappa shape index (κ2) is 8.01. The van der Waals surface area contributed by atoms with Gasteiger partial charge in [-0.1, -0.05) is 54.9 Å². The van der Waals surface area contributed by atoms with E-state index in [1.807, 2.05) is 43.3 Å². The standard InChI is InChI=1S/C23H24ClN3O2/c1-3-25-11-13-26(14-12-25)21-20(17-7-5-4-6-8-17)22(28)27(23(21)29)19-15-18(24)10-9-16(19)2/h4-10,15H,3,11-14H2,1-2H3. The minimum atomic E-state index is -0.292. The molecule has 1 fully saturated rings. The van der Waals surface area contributed by atoms with Gasteiger partial charge in [0.2, 0.25) is 0 Å². The summed E-state index contributed by atoms with van der Waals surface area (Å²) in [5.74, 6) is -0.566. The van der Waals surface area contributed by atoms with Gasteiger partial charge in [0.1, 0.15) is 5.70 Å². The molecule has 2 aromatic carbocycles. The molecule has 4 rings (SSSR count). The van der Waals surface area contributed by atoms with Crippen LogP contribution < -0.4 is 4.90 Å². The number of rotatable bonds is 4. The van der Waals surface area contributed by atoms with Crippen LogP contribution in [0.5, 0.6) is 0 Å². The Labute approximate surface area is 176 Å². The zero-order valence-electron chi connectivity index (χ0n) is 16.7. The number of imide groups is 1. The van der Waals surface area contributed by atoms with E-state index in [-0.39, 0.29) is 11.8 Å². The van der Waals surface area contributed by atoms with Gasteiger partial charge in [0, 0.05) is 31.2 Å². The average molecular weight is 410 g/mol. The van der Waals surface area contributed by atoms with Crippen molar-refractivity contribution in [1.29, 1.82) is 0 Å². The van der Waals surface area contributed by atoms with Crippen LogP contribution in [0, 0.1) is 6.92 Å². The van der Waals surface area contributed by atoms with Crippen LogP contribution in [0.1, 0.15) is 18.1 Å². The van der Waals surface area contributed by atoms with E-state index in [9.17, 15) is 9.59 Å². The lowest BCUT2D eigenvalue weighted by atomic mass is 10.0. The summed E-state index contributed by atoms with van der Waals surface area (Å²) in [5.41, 5.74) is 3.11. The first-order valence-corrected chi connectivity index (χ1v) is 10.3. The first kappa shape index (κ1) is 19.7. The second-order valence-corrected chi connectivity index (χ2v) is 7.82. The van der Waals surface area contributed by atoms with Gasteiger partial charge in [-0.3, -0.25) is 9.59 Å². The van der Waals surface area contributed by atoms with Crippen LogP contribution >= 0.6 is 11.6 Å². The molecule has 0 N–H and O–H groups in total. The van der Waals surface area contributed by atoms with Gasteiger partial charge in [0.05, 0.1) is 11.3 Å². The lowest BCUT2D eigenvalue weighted by Gasteiger charge is -2.36. The summed E-state index contributed by atoms with van der Waals surface area (Å²) >= 11 is 6.18. The van der Waals surface area contributed by atoms with E-state index in [2.05, 4.69) is 16.7 Å². The molecule has 29 heavy (non-hydrogen) atoms. The van der Waals surface area contributed by atoms with Crippen LogP contribution in [0.25, 0.3) is 5.57 Å². The number of nitrogens with zero attached hydrogens (tertiary/aromatic N) is 3. The molecule has 0 saturated carbocycles. The highest BCUT2D eigenvalue weighted by atomic mass is 35.5. The van der Waals surface area contributed by atoms with Crippen molar-refractivity contribution in [3.8, 4) is 0 Å². The highest BCUT2D eigenvalue weighted by Gasteiger charge is 2.43. The molecule has 5 nitrogen and oxygen atoms in total. The fourth-order valence-corrected chi connectivity index (χ4v) is 4.17. The zero-order chi connectivity index (χ0) is 20.5. The smallest absolute Gasteiger partial charge is 0.282 e. The van der Waals surface area contributed by atoms with Crippen LogP contribution in [0.4, 0.5) is 5.69 Å². The molecule has 6 heteroatoms. The molecule has 0 unspecified atom stereocenters. The van der Waals surface area contributed by atoms with Crippen LogP contribution in [-0.4, -0.2) is 54.3 Å². The average Bonchev–Trinajstić information content (AvgIpc) is 3.00. The maximum atomic E-state index is 13.6. The number of anilines is 1. The number of carbonyl (C=O) groups is 2. The Morgan fingerprint density at radius 2 is 1.62 bits per heavy atom. The Morgan fingerprint density at radius 1 is 0.931 bits per heavy atom. The number of likely N-dealkylation sites (N-methyl/N-ethyl adjacent to an activating group) is 1. The monoisotopic (exact) mass is 409 g/mol. The van der Waals surface area contributed by atoms with Crippen molar-refractivity contribution in [3.63, 3.8) is 0 Å². The van der Waals surface area contributed by atoms with Crippen molar-refractivity contribution in [2.24, 2.45) is 0 Å². The highest BCUT2D eigenvalue weighted by Crippen LogP contribution is 2.37. The SMILES string of the molecule is CCN1CCN(C2=C(c3ccccc3)C(=O)N(c3cc(Cl)ccc3C)C2=O)CC1. The Balaban J connectivity index is 1.80. The lowest BCUT2D eigenvalue weighted by molar-refractivity contribution is -0.120. The molecule has 0 bridgehead atoms. The predicted molar refractivity (Wildman–Crippen MR) is 116 cm³/mol. The number of halogens is 1. The largest absolute Gasteiger partial charge is 0.364 e. The summed E-state index contributed by atoms with van der Waals surface area (Å²) in [6.07, 6.45) is 0. The van der Waals surface area contributed by atoms with Gasteiger partial charge in [0.25, 0.3) is 11.8 Å². The van der Waals surface area contributed by atoms with Crippen molar-refractivity contribution < 1.29 is 9.59 Å². The third-order valence-electron chi connectivity index (χ3n) is 5.67. The fraction of sp³-hybridized carbons (Fsp3) is 0.304. The molecule has 2 aromatic rings. The van der Waals surface area contributed by atoms with E-state index in [1.165, 1.54) is 4.90 Å². The minimum absolute atomic E-state index is 0.274. The summed E-state index contributed by atoms with van der Waals surface area (Å²) in [6.45, 7) is 8.20. The number of piperazine rings is 1. The number of amides is 2. The van der Waals surface area contributed by atoms with E-state index in [0.29, 0.717) is 22.0 Å². The maximum Gasteiger partial charge on any atom is 0.282 e. The molecule has 2 aliphatic heterocycles. The summed E-state index contributed by atoms with van der Waals surface area (Å²) < 4.78 is 0. The topological polar surface area (TPSA) is 43.9 Å². The van der Waals surface area contributed by atoms with Gasteiger partial charge >= 0.3 is 0 Å². The quantitative estimate of drug-likeness (QED) is 0.724. The Morgan fingerprint density at radius 3 is 2.28 bits per heavy atom. The van der Waals surface area contributed by atoms with Gasteiger partial charge < -0.3 is 9.80 Å². The molecule has 0 aromatic heterocycles.